The van der Waals surface area contributed by atoms with Gasteiger partial charge in [-0.1, -0.05) is 42.5 Å². The molecule has 2 bridgehead atoms. The molecule has 1 aromatic carbocycles. The minimum atomic E-state index is 0.00258. The molecule has 0 radical (unpaired) electrons. The van der Waals surface area contributed by atoms with Crippen LogP contribution in [0.2, 0.25) is 0 Å². The molecule has 0 amide bonds. The molecular weight excluding hydrogens is 224 g/mol. The summed E-state index contributed by atoms with van der Waals surface area (Å²) >= 11 is 0. The number of hydrogen-bond donors (Lipinski definition) is 0. The molecule has 0 N–H and O–H groups in total. The highest BCUT2D eigenvalue weighted by atomic mass is 16.5. The minimum Gasteiger partial charge on any atom is -0.465 e. The van der Waals surface area contributed by atoms with Crippen molar-refractivity contribution in [2.75, 3.05) is 6.61 Å². The van der Waals surface area contributed by atoms with Gasteiger partial charge in [-0.25, -0.2) is 0 Å². The highest BCUT2D eigenvalue weighted by Gasteiger charge is 2.40. The Labute approximate surface area is 108 Å². The molecular formula is C16H18O2. The molecule has 0 aromatic heterocycles. The number of fused-ring (bicyclic) bond motifs is 2. The molecule has 0 unspecified atom stereocenters. The molecule has 1 fully saturated rings. The Morgan fingerprint density at radius 3 is 2.67 bits per heavy atom. The van der Waals surface area contributed by atoms with Gasteiger partial charge in [0.05, 0.1) is 12.5 Å². The summed E-state index contributed by atoms with van der Waals surface area (Å²) in [5, 5.41) is 0. The van der Waals surface area contributed by atoms with Crippen LogP contribution in [0.4, 0.5) is 0 Å². The topological polar surface area (TPSA) is 26.3 Å². The third kappa shape index (κ3) is 2.33. The Kier molecular flexibility index (Phi) is 3.18. The van der Waals surface area contributed by atoms with E-state index in [0.717, 1.165) is 19.3 Å². The zero-order valence-corrected chi connectivity index (χ0v) is 10.4. The Morgan fingerprint density at radius 2 is 2.00 bits per heavy atom. The van der Waals surface area contributed by atoms with Crippen LogP contribution >= 0.6 is 0 Å². The molecule has 2 nitrogen and oxygen atoms in total. The summed E-state index contributed by atoms with van der Waals surface area (Å²) in [6.45, 7) is 0.500. The van der Waals surface area contributed by atoms with E-state index in [1.54, 1.807) is 0 Å². The van der Waals surface area contributed by atoms with Crippen LogP contribution in [0.15, 0.2) is 42.5 Å². The summed E-state index contributed by atoms with van der Waals surface area (Å²) < 4.78 is 5.41. The van der Waals surface area contributed by atoms with Crippen molar-refractivity contribution in [2.45, 2.75) is 19.3 Å². The van der Waals surface area contributed by atoms with Crippen LogP contribution in [0.3, 0.4) is 0 Å². The first-order valence-electron chi connectivity index (χ1n) is 6.72. The monoisotopic (exact) mass is 242 g/mol. The number of benzene rings is 1. The predicted molar refractivity (Wildman–Crippen MR) is 69.9 cm³/mol. The van der Waals surface area contributed by atoms with Crippen LogP contribution in [-0.2, 0) is 16.0 Å². The average molecular weight is 242 g/mol. The van der Waals surface area contributed by atoms with E-state index in [1.165, 1.54) is 5.56 Å². The third-order valence-electron chi connectivity index (χ3n) is 4.06. The highest BCUT2D eigenvalue weighted by molar-refractivity contribution is 5.74. The van der Waals surface area contributed by atoms with E-state index in [4.69, 9.17) is 4.74 Å². The van der Waals surface area contributed by atoms with Gasteiger partial charge in [0, 0.05) is 6.42 Å². The number of hydrogen-bond acceptors (Lipinski definition) is 2. The SMILES string of the molecule is O=C(OCCc1ccccc1)[C@H]1C[C@H]2C=C[C@H]1C2. The number of carbonyl (C=O) groups excluding carboxylic acids is 1. The Bertz CT molecular complexity index is 449. The molecule has 0 aliphatic heterocycles. The fourth-order valence-corrected chi connectivity index (χ4v) is 3.07. The summed E-state index contributed by atoms with van der Waals surface area (Å²) in [5.41, 5.74) is 1.22. The lowest BCUT2D eigenvalue weighted by Crippen LogP contribution is -2.22. The quantitative estimate of drug-likeness (QED) is 0.599. The van der Waals surface area contributed by atoms with Gasteiger partial charge in [-0.2, -0.15) is 0 Å². The van der Waals surface area contributed by atoms with E-state index in [0.29, 0.717) is 18.4 Å². The van der Waals surface area contributed by atoms with Crippen molar-refractivity contribution in [3.63, 3.8) is 0 Å². The molecule has 2 aliphatic rings. The standard InChI is InChI=1S/C16H18O2/c17-16(15-11-13-6-7-14(15)10-13)18-9-8-12-4-2-1-3-5-12/h1-7,13-15H,8-11H2/t13-,14-,15-/m0/s1. The Hall–Kier alpha value is -1.57. The van der Waals surface area contributed by atoms with E-state index < -0.39 is 0 Å². The summed E-state index contributed by atoms with van der Waals surface area (Å²) in [6.07, 6.45) is 7.39. The van der Waals surface area contributed by atoms with Crippen molar-refractivity contribution in [3.05, 3.63) is 48.0 Å². The van der Waals surface area contributed by atoms with Crippen molar-refractivity contribution < 1.29 is 9.53 Å². The number of carbonyl (C=O) groups is 1. The van der Waals surface area contributed by atoms with Crippen molar-refractivity contribution in [3.8, 4) is 0 Å². The summed E-state index contributed by atoms with van der Waals surface area (Å²) in [7, 11) is 0. The normalized spacial score (nSPS) is 28.6. The molecule has 3 rings (SSSR count). The summed E-state index contributed by atoms with van der Waals surface area (Å²) in [5.74, 6) is 1.19. The summed E-state index contributed by atoms with van der Waals surface area (Å²) in [6, 6.07) is 10.1. The first kappa shape index (κ1) is 11.5. The van der Waals surface area contributed by atoms with Gasteiger partial charge in [-0.15, -0.1) is 0 Å². The molecule has 2 heteroatoms. The van der Waals surface area contributed by atoms with Crippen molar-refractivity contribution in [1.29, 1.82) is 0 Å². The van der Waals surface area contributed by atoms with Crippen molar-refractivity contribution in [2.24, 2.45) is 17.8 Å². The Morgan fingerprint density at radius 1 is 1.17 bits per heavy atom. The minimum absolute atomic E-state index is 0.00258. The van der Waals surface area contributed by atoms with Crippen LogP contribution in [0.25, 0.3) is 0 Å². The average Bonchev–Trinajstić information content (AvgIpc) is 3.02. The second-order valence-corrected chi connectivity index (χ2v) is 5.29. The van der Waals surface area contributed by atoms with Gasteiger partial charge in [0.2, 0.25) is 0 Å². The van der Waals surface area contributed by atoms with Gasteiger partial charge >= 0.3 is 5.97 Å². The molecule has 1 saturated carbocycles. The maximum atomic E-state index is 12.0. The van der Waals surface area contributed by atoms with E-state index in [1.807, 2.05) is 18.2 Å². The fraction of sp³-hybridized carbons (Fsp3) is 0.438. The molecule has 94 valence electrons. The van der Waals surface area contributed by atoms with E-state index >= 15 is 0 Å². The van der Waals surface area contributed by atoms with Gasteiger partial charge in [0.1, 0.15) is 0 Å². The van der Waals surface area contributed by atoms with Crippen molar-refractivity contribution in [1.82, 2.24) is 0 Å². The molecule has 0 heterocycles. The van der Waals surface area contributed by atoms with Gasteiger partial charge in [-0.05, 0) is 30.2 Å². The number of ether oxygens (including phenoxy) is 1. The molecule has 1 aromatic rings. The number of allylic oxidation sites excluding steroid dienone is 2. The van der Waals surface area contributed by atoms with Crippen LogP contribution in [0.5, 0.6) is 0 Å². The van der Waals surface area contributed by atoms with Crippen LogP contribution in [-0.4, -0.2) is 12.6 Å². The molecule has 18 heavy (non-hydrogen) atoms. The molecule has 0 saturated heterocycles. The maximum absolute atomic E-state index is 12.0. The predicted octanol–water partition coefficient (Wildman–Crippen LogP) is 2.98. The van der Waals surface area contributed by atoms with E-state index in [9.17, 15) is 4.79 Å². The zero-order chi connectivity index (χ0) is 12.4. The lowest BCUT2D eigenvalue weighted by Gasteiger charge is -2.16. The van der Waals surface area contributed by atoms with E-state index in [2.05, 4.69) is 24.3 Å². The smallest absolute Gasteiger partial charge is 0.309 e. The van der Waals surface area contributed by atoms with Gasteiger partial charge in [0.25, 0.3) is 0 Å². The lowest BCUT2D eigenvalue weighted by molar-refractivity contribution is -0.149. The molecule has 0 spiro atoms. The second-order valence-electron chi connectivity index (χ2n) is 5.29. The number of rotatable bonds is 4. The van der Waals surface area contributed by atoms with E-state index in [-0.39, 0.29) is 11.9 Å². The molecule has 2 aliphatic carbocycles. The largest absolute Gasteiger partial charge is 0.465 e. The zero-order valence-electron chi connectivity index (χ0n) is 10.4. The van der Waals surface area contributed by atoms with Crippen molar-refractivity contribution >= 4 is 5.97 Å². The van der Waals surface area contributed by atoms with Crippen LogP contribution < -0.4 is 0 Å². The molecule has 3 atom stereocenters. The fourth-order valence-electron chi connectivity index (χ4n) is 3.07. The maximum Gasteiger partial charge on any atom is 0.309 e. The first-order valence-corrected chi connectivity index (χ1v) is 6.72. The third-order valence-corrected chi connectivity index (χ3v) is 4.06. The summed E-state index contributed by atoms with van der Waals surface area (Å²) in [4.78, 5) is 12.0. The second kappa shape index (κ2) is 4.97. The Balaban J connectivity index is 1.46. The van der Waals surface area contributed by atoms with Crippen LogP contribution in [0, 0.1) is 17.8 Å². The van der Waals surface area contributed by atoms with Crippen LogP contribution in [0.1, 0.15) is 18.4 Å². The van der Waals surface area contributed by atoms with Gasteiger partial charge in [-0.3, -0.25) is 4.79 Å². The highest BCUT2D eigenvalue weighted by Crippen LogP contribution is 2.43. The lowest BCUT2D eigenvalue weighted by atomic mass is 9.94. The van der Waals surface area contributed by atoms with Gasteiger partial charge in [0.15, 0.2) is 0 Å². The number of esters is 1. The van der Waals surface area contributed by atoms with Gasteiger partial charge < -0.3 is 4.74 Å². The first-order chi connectivity index (χ1) is 8.83.